The van der Waals surface area contributed by atoms with Crippen molar-refractivity contribution in [2.45, 2.75) is 64.6 Å². The number of aliphatic hydroxyl groups excluding tert-OH is 2. The number of carbonyl (C=O) groups is 1. The minimum atomic E-state index is -0.798. The van der Waals surface area contributed by atoms with E-state index in [1.165, 1.54) is 0 Å². The van der Waals surface area contributed by atoms with Crippen LogP contribution in [0.3, 0.4) is 0 Å². The van der Waals surface area contributed by atoms with E-state index in [1.807, 2.05) is 27.7 Å². The fraction of sp³-hybridized carbons (Fsp3) is 0.923. The molecule has 1 amide bonds. The molecule has 0 aliphatic heterocycles. The van der Waals surface area contributed by atoms with Crippen LogP contribution in [0.1, 0.15) is 47.5 Å². The third kappa shape index (κ3) is 4.92. The maximum atomic E-state index is 12.0. The van der Waals surface area contributed by atoms with Crippen molar-refractivity contribution < 1.29 is 15.0 Å². The number of hydrogen-bond acceptors (Lipinski definition) is 4. The molecule has 0 fully saturated rings. The van der Waals surface area contributed by atoms with Crippen LogP contribution in [0.4, 0.5) is 0 Å². The molecule has 0 aromatic rings. The molecule has 0 radical (unpaired) electrons. The van der Waals surface area contributed by atoms with E-state index >= 15 is 0 Å². The first kappa shape index (κ1) is 17.4. The molecule has 0 aromatic heterocycles. The largest absolute Gasteiger partial charge is 0.394 e. The predicted octanol–water partition coefficient (Wildman–Crippen LogP) is 0.403. The van der Waals surface area contributed by atoms with E-state index in [1.54, 1.807) is 6.92 Å². The minimum absolute atomic E-state index is 0.124. The summed E-state index contributed by atoms with van der Waals surface area (Å²) in [7, 11) is 0. The lowest BCUT2D eigenvalue weighted by Gasteiger charge is -2.34. The molecule has 0 bridgehead atoms. The highest BCUT2D eigenvalue weighted by molar-refractivity contribution is 5.82. The molecule has 5 heteroatoms. The maximum absolute atomic E-state index is 12.0. The lowest BCUT2D eigenvalue weighted by molar-refractivity contribution is -0.125. The highest BCUT2D eigenvalue weighted by atomic mass is 16.3. The molecule has 0 heterocycles. The van der Waals surface area contributed by atoms with Crippen LogP contribution < -0.4 is 10.6 Å². The highest BCUT2D eigenvalue weighted by Gasteiger charge is 2.31. The Kier molecular flexibility index (Phi) is 6.81. The van der Waals surface area contributed by atoms with E-state index < -0.39 is 11.6 Å². The number of nitrogens with one attached hydrogen (secondary N) is 2. The monoisotopic (exact) mass is 260 g/mol. The third-order valence-corrected chi connectivity index (χ3v) is 3.54. The molecule has 0 aliphatic rings. The average Bonchev–Trinajstić information content (AvgIpc) is 2.35. The van der Waals surface area contributed by atoms with Crippen LogP contribution >= 0.6 is 0 Å². The Hall–Kier alpha value is -0.650. The Morgan fingerprint density at radius 2 is 1.67 bits per heavy atom. The van der Waals surface area contributed by atoms with Crippen LogP contribution in [-0.4, -0.2) is 46.5 Å². The van der Waals surface area contributed by atoms with Gasteiger partial charge in [-0.2, -0.15) is 0 Å². The molecule has 0 saturated carbocycles. The van der Waals surface area contributed by atoms with Crippen LogP contribution in [0, 0.1) is 0 Å². The van der Waals surface area contributed by atoms with Crippen molar-refractivity contribution in [1.82, 2.24) is 10.6 Å². The van der Waals surface area contributed by atoms with Crippen molar-refractivity contribution >= 4 is 5.91 Å². The number of rotatable bonds is 8. The third-order valence-electron chi connectivity index (χ3n) is 3.54. The summed E-state index contributed by atoms with van der Waals surface area (Å²) in [6.07, 6.45) is 1.39. The number of hydrogen-bond donors (Lipinski definition) is 4. The lowest BCUT2D eigenvalue weighted by atomic mass is 9.96. The Labute approximate surface area is 110 Å². The van der Waals surface area contributed by atoms with Crippen molar-refractivity contribution in [2.75, 3.05) is 13.2 Å². The second-order valence-corrected chi connectivity index (χ2v) is 5.54. The predicted molar refractivity (Wildman–Crippen MR) is 72.3 cm³/mol. The summed E-state index contributed by atoms with van der Waals surface area (Å²) in [5.74, 6) is -0.124. The van der Waals surface area contributed by atoms with E-state index in [0.717, 1.165) is 6.42 Å². The van der Waals surface area contributed by atoms with Gasteiger partial charge in [0.25, 0.3) is 0 Å². The number of aliphatic hydroxyl groups is 2. The molecular formula is C13H28N2O3. The summed E-state index contributed by atoms with van der Waals surface area (Å²) in [4.78, 5) is 12.0. The van der Waals surface area contributed by atoms with Gasteiger partial charge in [0, 0.05) is 5.54 Å². The molecule has 0 rings (SSSR count). The van der Waals surface area contributed by atoms with E-state index in [9.17, 15) is 15.0 Å². The molecular weight excluding hydrogens is 232 g/mol. The first-order valence-electron chi connectivity index (χ1n) is 6.57. The van der Waals surface area contributed by atoms with E-state index in [2.05, 4.69) is 10.6 Å². The zero-order chi connectivity index (χ0) is 14.4. The van der Waals surface area contributed by atoms with Crippen LogP contribution in [0.25, 0.3) is 0 Å². The number of amides is 1. The molecule has 0 aliphatic carbocycles. The van der Waals surface area contributed by atoms with Crippen molar-refractivity contribution in [3.05, 3.63) is 0 Å². The van der Waals surface area contributed by atoms with Gasteiger partial charge in [0.15, 0.2) is 0 Å². The molecule has 0 spiro atoms. The van der Waals surface area contributed by atoms with Gasteiger partial charge in [0.1, 0.15) is 0 Å². The highest BCUT2D eigenvalue weighted by Crippen LogP contribution is 2.11. The van der Waals surface area contributed by atoms with Gasteiger partial charge in [-0.25, -0.2) is 0 Å². The van der Waals surface area contributed by atoms with Crippen molar-refractivity contribution in [3.8, 4) is 0 Å². The summed E-state index contributed by atoms with van der Waals surface area (Å²) < 4.78 is 0. The molecule has 4 N–H and O–H groups in total. The van der Waals surface area contributed by atoms with E-state index in [0.29, 0.717) is 6.42 Å². The maximum Gasteiger partial charge on any atom is 0.237 e. The van der Waals surface area contributed by atoms with Gasteiger partial charge in [-0.3, -0.25) is 10.1 Å². The summed E-state index contributed by atoms with van der Waals surface area (Å²) in [6, 6.07) is -0.463. The van der Waals surface area contributed by atoms with Gasteiger partial charge in [0.05, 0.1) is 24.8 Å². The van der Waals surface area contributed by atoms with Crippen LogP contribution in [0.15, 0.2) is 0 Å². The fourth-order valence-corrected chi connectivity index (χ4v) is 1.52. The SMILES string of the molecule is CCC(C)(C)NC(=O)C(C)NC(CC)(CO)CO. The summed E-state index contributed by atoms with van der Waals surface area (Å²) >= 11 is 0. The Morgan fingerprint density at radius 1 is 1.17 bits per heavy atom. The first-order chi connectivity index (χ1) is 8.25. The second kappa shape index (κ2) is 7.07. The molecule has 1 atom stereocenters. The molecule has 0 saturated heterocycles. The van der Waals surface area contributed by atoms with Crippen molar-refractivity contribution in [1.29, 1.82) is 0 Å². The van der Waals surface area contributed by atoms with Gasteiger partial charge in [0.2, 0.25) is 5.91 Å². The van der Waals surface area contributed by atoms with E-state index in [4.69, 9.17) is 0 Å². The first-order valence-corrected chi connectivity index (χ1v) is 6.57. The molecule has 108 valence electrons. The normalized spacial score (nSPS) is 14.4. The quantitative estimate of drug-likeness (QED) is 0.509. The molecule has 18 heavy (non-hydrogen) atoms. The average molecular weight is 260 g/mol. The van der Waals surface area contributed by atoms with Gasteiger partial charge in [-0.05, 0) is 33.6 Å². The van der Waals surface area contributed by atoms with Gasteiger partial charge in [-0.1, -0.05) is 13.8 Å². The number of carbonyl (C=O) groups excluding carboxylic acids is 1. The standard InChI is InChI=1S/C13H28N2O3/c1-6-12(4,5)15-11(18)10(3)14-13(7-2,8-16)9-17/h10,14,16-17H,6-9H2,1-5H3,(H,15,18). The Balaban J connectivity index is 4.57. The smallest absolute Gasteiger partial charge is 0.237 e. The molecule has 5 nitrogen and oxygen atoms in total. The van der Waals surface area contributed by atoms with E-state index in [-0.39, 0.29) is 24.7 Å². The molecule has 1 unspecified atom stereocenters. The lowest BCUT2D eigenvalue weighted by Crippen LogP contribution is -2.60. The van der Waals surface area contributed by atoms with Crippen LogP contribution in [0.2, 0.25) is 0 Å². The van der Waals surface area contributed by atoms with Crippen LogP contribution in [-0.2, 0) is 4.79 Å². The van der Waals surface area contributed by atoms with Crippen molar-refractivity contribution in [3.63, 3.8) is 0 Å². The molecule has 0 aromatic carbocycles. The van der Waals surface area contributed by atoms with Gasteiger partial charge in [-0.15, -0.1) is 0 Å². The van der Waals surface area contributed by atoms with Crippen LogP contribution in [0.5, 0.6) is 0 Å². The zero-order valence-electron chi connectivity index (χ0n) is 12.2. The van der Waals surface area contributed by atoms with Gasteiger partial charge >= 0.3 is 0 Å². The topological polar surface area (TPSA) is 81.6 Å². The van der Waals surface area contributed by atoms with Gasteiger partial charge < -0.3 is 15.5 Å². The summed E-state index contributed by atoms with van der Waals surface area (Å²) in [5, 5.41) is 24.6. The second-order valence-electron chi connectivity index (χ2n) is 5.54. The summed E-state index contributed by atoms with van der Waals surface area (Å²) in [6.45, 7) is 9.13. The fourth-order valence-electron chi connectivity index (χ4n) is 1.52. The minimum Gasteiger partial charge on any atom is -0.394 e. The Bertz CT molecular complexity index is 255. The summed E-state index contributed by atoms with van der Waals surface area (Å²) in [5.41, 5.74) is -1.05. The zero-order valence-corrected chi connectivity index (χ0v) is 12.2. The van der Waals surface area contributed by atoms with Crippen molar-refractivity contribution in [2.24, 2.45) is 0 Å². The Morgan fingerprint density at radius 3 is 2.00 bits per heavy atom.